The van der Waals surface area contributed by atoms with Crippen LogP contribution in [0.4, 0.5) is 10.1 Å². The van der Waals surface area contributed by atoms with Crippen LogP contribution in [0.5, 0.6) is 0 Å². The van der Waals surface area contributed by atoms with Gasteiger partial charge in [0.25, 0.3) is 11.8 Å². The van der Waals surface area contributed by atoms with Crippen molar-refractivity contribution in [3.63, 3.8) is 0 Å². The number of halogens is 1. The largest absolute Gasteiger partial charge is 0.481 e. The van der Waals surface area contributed by atoms with Crippen LogP contribution >= 0.6 is 0 Å². The number of aliphatic carboxylic acids is 1. The zero-order chi connectivity index (χ0) is 20.1. The highest BCUT2D eigenvalue weighted by Gasteiger charge is 2.38. The third-order valence-corrected chi connectivity index (χ3v) is 4.46. The molecule has 0 aliphatic carbocycles. The van der Waals surface area contributed by atoms with E-state index in [9.17, 15) is 18.8 Å². The fourth-order valence-electron chi connectivity index (χ4n) is 3.03. The van der Waals surface area contributed by atoms with Crippen molar-refractivity contribution in [3.05, 3.63) is 65.5 Å². The smallest absolute Gasteiger partial charge is 0.305 e. The first-order chi connectivity index (χ1) is 13.4. The molecular formula is C20H19FN2O5. The van der Waals surface area contributed by atoms with Crippen LogP contribution in [0.2, 0.25) is 0 Å². The number of rotatable bonds is 6. The second-order valence-electron chi connectivity index (χ2n) is 6.65. The zero-order valence-electron chi connectivity index (χ0n) is 14.9. The molecule has 28 heavy (non-hydrogen) atoms. The first-order valence-electron chi connectivity index (χ1n) is 8.66. The van der Waals surface area contributed by atoms with Crippen molar-refractivity contribution in [1.82, 2.24) is 5.32 Å². The number of benzene rings is 2. The Morgan fingerprint density at radius 3 is 2.46 bits per heavy atom. The van der Waals surface area contributed by atoms with E-state index in [2.05, 4.69) is 10.6 Å². The molecule has 0 aromatic heterocycles. The Labute approximate surface area is 160 Å². The number of ether oxygens (including phenoxy) is 1. The van der Waals surface area contributed by atoms with Crippen LogP contribution in [0.3, 0.4) is 0 Å². The maximum Gasteiger partial charge on any atom is 0.305 e. The lowest BCUT2D eigenvalue weighted by atomic mass is 9.93. The van der Waals surface area contributed by atoms with E-state index in [0.717, 1.165) is 0 Å². The molecule has 0 saturated carbocycles. The Hall–Kier alpha value is -3.26. The summed E-state index contributed by atoms with van der Waals surface area (Å²) in [7, 11) is 0. The normalized spacial score (nSPS) is 18.5. The summed E-state index contributed by atoms with van der Waals surface area (Å²) in [6.45, 7) is 0.507. The van der Waals surface area contributed by atoms with E-state index in [1.807, 2.05) is 0 Å². The highest BCUT2D eigenvalue weighted by molar-refractivity contribution is 6.05. The van der Waals surface area contributed by atoms with Gasteiger partial charge in [0.15, 0.2) is 0 Å². The van der Waals surface area contributed by atoms with Crippen molar-refractivity contribution in [2.75, 3.05) is 18.5 Å². The lowest BCUT2D eigenvalue weighted by Gasteiger charge is -2.27. The Balaban J connectivity index is 1.71. The highest BCUT2D eigenvalue weighted by atomic mass is 19.1. The second-order valence-corrected chi connectivity index (χ2v) is 6.65. The minimum atomic E-state index is -1.02. The fourth-order valence-corrected chi connectivity index (χ4v) is 3.03. The van der Waals surface area contributed by atoms with Gasteiger partial charge in [0.1, 0.15) is 5.82 Å². The van der Waals surface area contributed by atoms with E-state index in [1.165, 1.54) is 30.3 Å². The molecule has 1 aliphatic rings. The Morgan fingerprint density at radius 2 is 1.82 bits per heavy atom. The van der Waals surface area contributed by atoms with Gasteiger partial charge in [-0.3, -0.25) is 14.4 Å². The molecule has 7 nitrogen and oxygen atoms in total. The summed E-state index contributed by atoms with van der Waals surface area (Å²) in [5.41, 5.74) is -0.0127. The number of carbonyl (C=O) groups excluding carboxylic acids is 2. The molecule has 3 N–H and O–H groups in total. The molecule has 1 aliphatic heterocycles. The molecule has 1 saturated heterocycles. The number of carboxylic acids is 1. The predicted octanol–water partition coefficient (Wildman–Crippen LogP) is 2.44. The molecule has 146 valence electrons. The zero-order valence-corrected chi connectivity index (χ0v) is 14.9. The molecule has 1 heterocycles. The van der Waals surface area contributed by atoms with Gasteiger partial charge in [-0.2, -0.15) is 0 Å². The number of hydrogen-bond acceptors (Lipinski definition) is 4. The number of hydrogen-bond donors (Lipinski definition) is 3. The first-order valence-corrected chi connectivity index (χ1v) is 8.66. The van der Waals surface area contributed by atoms with Crippen molar-refractivity contribution in [1.29, 1.82) is 0 Å². The number of carboxylic acid groups (broad SMARTS) is 1. The van der Waals surface area contributed by atoms with Gasteiger partial charge >= 0.3 is 5.97 Å². The van der Waals surface area contributed by atoms with Gasteiger partial charge in [-0.25, -0.2) is 4.39 Å². The lowest BCUT2D eigenvalue weighted by Crippen LogP contribution is -2.50. The van der Waals surface area contributed by atoms with E-state index < -0.39 is 29.1 Å². The first kappa shape index (κ1) is 19.5. The van der Waals surface area contributed by atoms with Crippen molar-refractivity contribution in [2.24, 2.45) is 0 Å². The fraction of sp³-hybridized carbons (Fsp3) is 0.250. The molecule has 1 unspecified atom stereocenters. The van der Waals surface area contributed by atoms with Crippen molar-refractivity contribution >= 4 is 23.5 Å². The van der Waals surface area contributed by atoms with Gasteiger partial charge in [0.05, 0.1) is 18.6 Å². The highest BCUT2D eigenvalue weighted by Crippen LogP contribution is 2.24. The van der Waals surface area contributed by atoms with Gasteiger partial charge in [0.2, 0.25) is 0 Å². The number of nitrogens with one attached hydrogen (secondary N) is 2. The van der Waals surface area contributed by atoms with Crippen LogP contribution in [0.1, 0.15) is 33.6 Å². The minimum absolute atomic E-state index is 0.131. The van der Waals surface area contributed by atoms with Crippen LogP contribution in [-0.4, -0.2) is 41.6 Å². The molecule has 3 rings (SSSR count). The molecule has 1 fully saturated rings. The summed E-state index contributed by atoms with van der Waals surface area (Å²) in [5.74, 6) is -2.36. The molecule has 0 bridgehead atoms. The predicted molar refractivity (Wildman–Crippen MR) is 98.7 cm³/mol. The van der Waals surface area contributed by atoms with E-state index >= 15 is 0 Å². The second kappa shape index (κ2) is 8.18. The SMILES string of the molecule is O=C(O)CC1(NC(=O)c2cccc(NC(=O)c3ccc(F)cc3)c2)CCOC1. The van der Waals surface area contributed by atoms with Crippen molar-refractivity contribution in [3.8, 4) is 0 Å². The lowest BCUT2D eigenvalue weighted by molar-refractivity contribution is -0.138. The molecule has 2 amide bonds. The van der Waals surface area contributed by atoms with Gasteiger partial charge < -0.3 is 20.5 Å². The van der Waals surface area contributed by atoms with Gasteiger partial charge in [-0.15, -0.1) is 0 Å². The maximum absolute atomic E-state index is 13.0. The summed E-state index contributed by atoms with van der Waals surface area (Å²) < 4.78 is 18.2. The maximum atomic E-state index is 13.0. The Morgan fingerprint density at radius 1 is 1.07 bits per heavy atom. The quantitative estimate of drug-likeness (QED) is 0.707. The number of amides is 2. The third kappa shape index (κ3) is 4.72. The van der Waals surface area contributed by atoms with E-state index in [0.29, 0.717) is 18.7 Å². The Kier molecular flexibility index (Phi) is 5.70. The number of anilines is 1. The standard InChI is InChI=1S/C20H19FN2O5/c21-15-6-4-13(5-7-15)18(26)22-16-3-1-2-14(10-16)19(27)23-20(11-17(24)25)8-9-28-12-20/h1-7,10H,8-9,11-12H2,(H,22,26)(H,23,27)(H,24,25). The van der Waals surface area contributed by atoms with Crippen LogP contribution in [0.25, 0.3) is 0 Å². The molecule has 0 spiro atoms. The molecular weight excluding hydrogens is 367 g/mol. The van der Waals surface area contributed by atoms with Crippen molar-refractivity contribution < 1.29 is 28.6 Å². The van der Waals surface area contributed by atoms with Crippen LogP contribution in [0, 0.1) is 5.82 Å². The van der Waals surface area contributed by atoms with Gasteiger partial charge in [-0.1, -0.05) is 6.07 Å². The average molecular weight is 386 g/mol. The molecule has 8 heteroatoms. The van der Waals surface area contributed by atoms with Crippen LogP contribution in [0.15, 0.2) is 48.5 Å². The monoisotopic (exact) mass is 386 g/mol. The van der Waals surface area contributed by atoms with Crippen LogP contribution in [-0.2, 0) is 9.53 Å². The number of carbonyl (C=O) groups is 3. The van der Waals surface area contributed by atoms with Gasteiger partial charge in [0, 0.05) is 23.4 Å². The molecule has 2 aromatic carbocycles. The molecule has 2 aromatic rings. The summed E-state index contributed by atoms with van der Waals surface area (Å²) in [4.78, 5) is 36.0. The topological polar surface area (TPSA) is 105 Å². The molecule has 1 atom stereocenters. The van der Waals surface area contributed by atoms with Crippen LogP contribution < -0.4 is 10.6 Å². The van der Waals surface area contributed by atoms with Crippen molar-refractivity contribution in [2.45, 2.75) is 18.4 Å². The minimum Gasteiger partial charge on any atom is -0.481 e. The molecule has 0 radical (unpaired) electrons. The Bertz CT molecular complexity index is 892. The summed E-state index contributed by atoms with van der Waals surface area (Å²) in [6.07, 6.45) is 0.172. The van der Waals surface area contributed by atoms with E-state index in [-0.39, 0.29) is 24.2 Å². The van der Waals surface area contributed by atoms with Gasteiger partial charge in [-0.05, 0) is 48.9 Å². The summed E-state index contributed by atoms with van der Waals surface area (Å²) in [6, 6.07) is 11.4. The third-order valence-electron chi connectivity index (χ3n) is 4.46. The van der Waals surface area contributed by atoms with E-state index in [4.69, 9.17) is 9.84 Å². The summed E-state index contributed by atoms with van der Waals surface area (Å²) >= 11 is 0. The van der Waals surface area contributed by atoms with E-state index in [1.54, 1.807) is 18.2 Å². The summed E-state index contributed by atoms with van der Waals surface area (Å²) in [5, 5.41) is 14.5. The average Bonchev–Trinajstić information content (AvgIpc) is 3.09.